The molecule has 1 N–H and O–H groups in total. The van der Waals surface area contributed by atoms with Crippen LogP contribution in [0.1, 0.15) is 24.1 Å². The minimum atomic E-state index is 0.118. The number of hydrogen-bond acceptors (Lipinski definition) is 2. The number of likely N-dealkylation sites (tertiary alicyclic amines) is 1. The minimum Gasteiger partial charge on any atom is -0.333 e. The summed E-state index contributed by atoms with van der Waals surface area (Å²) in [6.45, 7) is 2.62. The Hall–Kier alpha value is -1.03. The van der Waals surface area contributed by atoms with Crippen molar-refractivity contribution in [3.05, 3.63) is 22.4 Å². The fraction of sp³-hybridized carbons (Fsp3) is 0.615. The van der Waals surface area contributed by atoms with E-state index in [1.54, 1.807) is 11.3 Å². The van der Waals surface area contributed by atoms with Gasteiger partial charge in [-0.15, -0.1) is 11.3 Å². The first-order valence-electron chi connectivity index (χ1n) is 6.38. The van der Waals surface area contributed by atoms with Crippen molar-refractivity contribution in [1.82, 2.24) is 10.2 Å². The van der Waals surface area contributed by atoms with E-state index in [9.17, 15) is 4.79 Å². The molecule has 2 atom stereocenters. The molecule has 1 saturated carbocycles. The van der Waals surface area contributed by atoms with Gasteiger partial charge in [0, 0.05) is 18.0 Å². The minimum absolute atomic E-state index is 0.118. The highest BCUT2D eigenvalue weighted by Crippen LogP contribution is 2.37. The molecule has 0 spiro atoms. The monoisotopic (exact) mass is 250 g/mol. The lowest BCUT2D eigenvalue weighted by atomic mass is 10.0. The summed E-state index contributed by atoms with van der Waals surface area (Å²) in [7, 11) is 0. The summed E-state index contributed by atoms with van der Waals surface area (Å²) in [6.07, 6.45) is 4.00. The Balaban J connectivity index is 1.50. The number of rotatable bonds is 2. The van der Waals surface area contributed by atoms with Crippen molar-refractivity contribution < 1.29 is 4.79 Å². The summed E-state index contributed by atoms with van der Waals surface area (Å²) >= 11 is 1.69. The summed E-state index contributed by atoms with van der Waals surface area (Å²) in [5.41, 5.74) is 0. The average Bonchev–Trinajstić information content (AvgIpc) is 3.01. The van der Waals surface area contributed by atoms with Crippen molar-refractivity contribution >= 4 is 17.4 Å². The Kier molecular flexibility index (Phi) is 3.05. The predicted octanol–water partition coefficient (Wildman–Crippen LogP) is 2.69. The third-order valence-corrected chi connectivity index (χ3v) is 4.88. The normalized spacial score (nSPS) is 27.2. The summed E-state index contributed by atoms with van der Waals surface area (Å²) in [4.78, 5) is 15.2. The van der Waals surface area contributed by atoms with Crippen molar-refractivity contribution in [2.24, 2.45) is 11.8 Å². The number of hydrogen-bond donors (Lipinski definition) is 1. The largest absolute Gasteiger partial charge is 0.333 e. The number of fused-ring (bicyclic) bond motifs is 1. The Morgan fingerprint density at radius 3 is 2.82 bits per heavy atom. The fourth-order valence-electron chi connectivity index (χ4n) is 3.09. The van der Waals surface area contributed by atoms with Crippen molar-refractivity contribution in [3.8, 4) is 0 Å². The molecule has 2 heterocycles. The first kappa shape index (κ1) is 11.1. The number of amides is 2. The van der Waals surface area contributed by atoms with Gasteiger partial charge in [0.1, 0.15) is 0 Å². The number of nitrogens with one attached hydrogen (secondary N) is 1. The standard InChI is InChI=1S/C13H18N2OS/c16-13(14-7-12-5-2-6-17-12)15-8-10-3-1-4-11(10)9-15/h2,5-6,10-11H,1,3-4,7-9H2,(H,14,16). The van der Waals surface area contributed by atoms with Gasteiger partial charge in [-0.3, -0.25) is 0 Å². The first-order chi connectivity index (χ1) is 8.33. The quantitative estimate of drug-likeness (QED) is 0.860. The van der Waals surface area contributed by atoms with Gasteiger partial charge < -0.3 is 10.2 Å². The van der Waals surface area contributed by atoms with Gasteiger partial charge in [-0.25, -0.2) is 4.79 Å². The molecule has 3 nitrogen and oxygen atoms in total. The Morgan fingerprint density at radius 1 is 1.41 bits per heavy atom. The van der Waals surface area contributed by atoms with E-state index in [2.05, 4.69) is 11.4 Å². The maximum Gasteiger partial charge on any atom is 0.317 e. The van der Waals surface area contributed by atoms with Gasteiger partial charge in [0.05, 0.1) is 6.54 Å². The lowest BCUT2D eigenvalue weighted by molar-refractivity contribution is 0.204. The van der Waals surface area contributed by atoms with Gasteiger partial charge in [0.25, 0.3) is 0 Å². The van der Waals surface area contributed by atoms with Crippen LogP contribution < -0.4 is 5.32 Å². The maximum atomic E-state index is 12.0. The van der Waals surface area contributed by atoms with Gasteiger partial charge in [-0.05, 0) is 36.1 Å². The topological polar surface area (TPSA) is 32.3 Å². The second-order valence-corrected chi connectivity index (χ2v) is 6.13. The van der Waals surface area contributed by atoms with E-state index >= 15 is 0 Å². The predicted molar refractivity (Wildman–Crippen MR) is 69.0 cm³/mol. The van der Waals surface area contributed by atoms with E-state index in [1.165, 1.54) is 24.1 Å². The zero-order chi connectivity index (χ0) is 11.7. The van der Waals surface area contributed by atoms with Crippen LogP contribution in [0.3, 0.4) is 0 Å². The highest BCUT2D eigenvalue weighted by atomic mass is 32.1. The molecule has 1 saturated heterocycles. The maximum absolute atomic E-state index is 12.0. The molecule has 0 radical (unpaired) electrons. The van der Waals surface area contributed by atoms with Gasteiger partial charge >= 0.3 is 6.03 Å². The van der Waals surface area contributed by atoms with Gasteiger partial charge in [-0.1, -0.05) is 12.5 Å². The molecule has 0 aromatic carbocycles. The molecule has 2 unspecified atom stereocenters. The SMILES string of the molecule is O=C(NCc1cccs1)N1CC2CCCC2C1. The van der Waals surface area contributed by atoms with Crippen molar-refractivity contribution in [1.29, 1.82) is 0 Å². The summed E-state index contributed by atoms with van der Waals surface area (Å²) < 4.78 is 0. The van der Waals surface area contributed by atoms with Crippen LogP contribution >= 0.6 is 11.3 Å². The van der Waals surface area contributed by atoms with E-state index in [1.807, 2.05) is 16.3 Å². The second-order valence-electron chi connectivity index (χ2n) is 5.09. The molecule has 2 aliphatic rings. The van der Waals surface area contributed by atoms with Crippen LogP contribution in [0.4, 0.5) is 4.79 Å². The zero-order valence-electron chi connectivity index (χ0n) is 9.89. The molecule has 1 aliphatic heterocycles. The lowest BCUT2D eigenvalue weighted by Gasteiger charge is -2.17. The molecule has 2 amide bonds. The van der Waals surface area contributed by atoms with Crippen molar-refractivity contribution in [3.63, 3.8) is 0 Å². The summed E-state index contributed by atoms with van der Waals surface area (Å²) in [5, 5.41) is 5.06. The van der Waals surface area contributed by atoms with Crippen molar-refractivity contribution in [2.45, 2.75) is 25.8 Å². The van der Waals surface area contributed by atoms with E-state index in [0.29, 0.717) is 6.54 Å². The van der Waals surface area contributed by atoms with Gasteiger partial charge in [0.15, 0.2) is 0 Å². The Morgan fingerprint density at radius 2 is 2.18 bits per heavy atom. The molecular formula is C13H18N2OS. The molecule has 2 fully saturated rings. The van der Waals surface area contributed by atoms with E-state index in [4.69, 9.17) is 0 Å². The number of urea groups is 1. The van der Waals surface area contributed by atoms with Crippen LogP contribution in [-0.2, 0) is 6.54 Å². The molecule has 1 aromatic rings. The van der Waals surface area contributed by atoms with E-state index < -0.39 is 0 Å². The number of carbonyl (C=O) groups excluding carboxylic acids is 1. The number of carbonyl (C=O) groups is 1. The molecule has 1 aromatic heterocycles. The molecule has 92 valence electrons. The molecule has 3 rings (SSSR count). The van der Waals surface area contributed by atoms with Gasteiger partial charge in [0.2, 0.25) is 0 Å². The van der Waals surface area contributed by atoms with Crippen LogP contribution in [0.5, 0.6) is 0 Å². The lowest BCUT2D eigenvalue weighted by Crippen LogP contribution is -2.38. The zero-order valence-corrected chi connectivity index (χ0v) is 10.7. The molecule has 17 heavy (non-hydrogen) atoms. The number of thiophene rings is 1. The molecule has 4 heteroatoms. The summed E-state index contributed by atoms with van der Waals surface area (Å²) in [6, 6.07) is 4.20. The third kappa shape index (κ3) is 2.32. The molecule has 0 bridgehead atoms. The smallest absolute Gasteiger partial charge is 0.317 e. The highest BCUT2D eigenvalue weighted by Gasteiger charge is 2.37. The van der Waals surface area contributed by atoms with Gasteiger partial charge in [-0.2, -0.15) is 0 Å². The number of nitrogens with zero attached hydrogens (tertiary/aromatic N) is 1. The second kappa shape index (κ2) is 4.69. The van der Waals surface area contributed by atoms with Crippen LogP contribution in [0.25, 0.3) is 0 Å². The fourth-order valence-corrected chi connectivity index (χ4v) is 3.73. The average molecular weight is 250 g/mol. The van der Waals surface area contributed by atoms with Crippen LogP contribution in [0.2, 0.25) is 0 Å². The van der Waals surface area contributed by atoms with E-state index in [-0.39, 0.29) is 6.03 Å². The first-order valence-corrected chi connectivity index (χ1v) is 7.26. The molecule has 1 aliphatic carbocycles. The van der Waals surface area contributed by atoms with Crippen LogP contribution in [0, 0.1) is 11.8 Å². The van der Waals surface area contributed by atoms with Crippen LogP contribution in [-0.4, -0.2) is 24.0 Å². The third-order valence-electron chi connectivity index (χ3n) is 4.01. The van der Waals surface area contributed by atoms with Crippen molar-refractivity contribution in [2.75, 3.05) is 13.1 Å². The summed E-state index contributed by atoms with van der Waals surface area (Å²) in [5.74, 6) is 1.56. The molecular weight excluding hydrogens is 232 g/mol. The Labute approximate surface area is 106 Å². The van der Waals surface area contributed by atoms with E-state index in [0.717, 1.165) is 24.9 Å². The Bertz CT molecular complexity index is 378. The van der Waals surface area contributed by atoms with Crippen LogP contribution in [0.15, 0.2) is 17.5 Å². The highest BCUT2D eigenvalue weighted by molar-refractivity contribution is 7.09.